The van der Waals surface area contributed by atoms with Gasteiger partial charge in [-0.3, -0.25) is 4.79 Å². The number of carbonyl (C=O) groups excluding carboxylic acids is 1. The molecule has 0 saturated carbocycles. The van der Waals surface area contributed by atoms with Crippen molar-refractivity contribution in [2.45, 2.75) is 18.5 Å². The van der Waals surface area contributed by atoms with Crippen molar-refractivity contribution < 1.29 is 14.3 Å². The first-order valence-electron chi connectivity index (χ1n) is 6.40. The Morgan fingerprint density at radius 3 is 2.90 bits per heavy atom. The number of aliphatic hydroxyl groups is 1. The first-order chi connectivity index (χ1) is 9.58. The number of amides is 1. The number of nitrogens with two attached hydrogens (primary N) is 1. The first-order valence-corrected chi connectivity index (χ1v) is 6.40. The largest absolute Gasteiger partial charge is 0.394 e. The van der Waals surface area contributed by atoms with E-state index >= 15 is 0 Å². The lowest BCUT2D eigenvalue weighted by molar-refractivity contribution is -0.118. The van der Waals surface area contributed by atoms with Crippen LogP contribution < -0.4 is 11.1 Å². The Labute approximate surface area is 116 Å². The van der Waals surface area contributed by atoms with Gasteiger partial charge in [0, 0.05) is 11.6 Å². The number of hydrogen-bond acceptors (Lipinski definition) is 3. The van der Waals surface area contributed by atoms with Crippen LogP contribution in [0.25, 0.3) is 0 Å². The summed E-state index contributed by atoms with van der Waals surface area (Å²) in [7, 11) is 0. The summed E-state index contributed by atoms with van der Waals surface area (Å²) in [5, 5.41) is 12.0. The van der Waals surface area contributed by atoms with Crippen molar-refractivity contribution in [3.8, 4) is 0 Å². The fraction of sp³-hybridized carbons (Fsp3) is 0.267. The lowest BCUT2D eigenvalue weighted by Crippen LogP contribution is -2.39. The molecule has 1 aliphatic carbocycles. The van der Waals surface area contributed by atoms with Gasteiger partial charge in [0.25, 0.3) is 5.91 Å². The van der Waals surface area contributed by atoms with Crippen molar-refractivity contribution in [1.82, 2.24) is 5.32 Å². The molecule has 0 spiro atoms. The van der Waals surface area contributed by atoms with Crippen LogP contribution in [0.4, 0.5) is 4.39 Å². The van der Waals surface area contributed by atoms with Crippen LogP contribution >= 0.6 is 0 Å². The van der Waals surface area contributed by atoms with Gasteiger partial charge in [0.15, 0.2) is 0 Å². The van der Waals surface area contributed by atoms with Crippen molar-refractivity contribution in [2.24, 2.45) is 5.73 Å². The minimum Gasteiger partial charge on any atom is -0.394 e. The molecule has 20 heavy (non-hydrogen) atoms. The molecule has 0 aliphatic heterocycles. The first kappa shape index (κ1) is 14.4. The number of hydrogen-bond donors (Lipinski definition) is 3. The van der Waals surface area contributed by atoms with E-state index in [0.29, 0.717) is 12.0 Å². The van der Waals surface area contributed by atoms with E-state index in [9.17, 15) is 14.3 Å². The van der Waals surface area contributed by atoms with Gasteiger partial charge in [0.2, 0.25) is 0 Å². The third-order valence-electron chi connectivity index (χ3n) is 3.06. The summed E-state index contributed by atoms with van der Waals surface area (Å²) in [6.07, 6.45) is 5.38. The molecule has 1 aliphatic rings. The van der Waals surface area contributed by atoms with Gasteiger partial charge in [0.05, 0.1) is 12.6 Å². The summed E-state index contributed by atoms with van der Waals surface area (Å²) in [5.74, 6) is -0.623. The van der Waals surface area contributed by atoms with Gasteiger partial charge in [-0.2, -0.15) is 0 Å². The second-order valence-corrected chi connectivity index (χ2v) is 4.75. The predicted octanol–water partition coefficient (Wildman–Crippen LogP) is 0.669. The summed E-state index contributed by atoms with van der Waals surface area (Å²) >= 11 is 0. The molecule has 0 saturated heterocycles. The molecule has 0 aromatic heterocycles. The number of aliphatic hydroxyl groups excluding tert-OH is 1. The summed E-state index contributed by atoms with van der Waals surface area (Å²) in [5.41, 5.74) is 6.83. The van der Waals surface area contributed by atoms with Gasteiger partial charge >= 0.3 is 0 Å². The smallest absolute Gasteiger partial charge is 0.251 e. The van der Waals surface area contributed by atoms with E-state index in [4.69, 9.17) is 5.73 Å². The van der Waals surface area contributed by atoms with E-state index < -0.39 is 6.04 Å². The van der Waals surface area contributed by atoms with Gasteiger partial charge in [-0.05, 0) is 24.1 Å². The van der Waals surface area contributed by atoms with Crippen molar-refractivity contribution in [2.75, 3.05) is 6.61 Å². The molecular formula is C15H17FN2O2. The molecule has 0 fully saturated rings. The van der Waals surface area contributed by atoms with Crippen LogP contribution in [-0.4, -0.2) is 29.7 Å². The van der Waals surface area contributed by atoms with E-state index in [1.807, 2.05) is 0 Å². The fourth-order valence-corrected chi connectivity index (χ4v) is 2.06. The molecule has 2 rings (SSSR count). The lowest BCUT2D eigenvalue weighted by atomic mass is 10.1. The summed E-state index contributed by atoms with van der Waals surface area (Å²) < 4.78 is 13.1. The number of carbonyl (C=O) groups is 1. The average molecular weight is 276 g/mol. The highest BCUT2D eigenvalue weighted by Gasteiger charge is 2.17. The summed E-state index contributed by atoms with van der Waals surface area (Å²) in [6.45, 7) is -0.217. The zero-order valence-electron chi connectivity index (χ0n) is 10.9. The molecule has 0 radical (unpaired) electrons. The Morgan fingerprint density at radius 2 is 2.30 bits per heavy atom. The van der Waals surface area contributed by atoms with E-state index in [2.05, 4.69) is 5.32 Å². The summed E-state index contributed by atoms with van der Waals surface area (Å²) in [4.78, 5) is 11.9. The minimum absolute atomic E-state index is 0.217. The highest BCUT2D eigenvalue weighted by atomic mass is 19.1. The fourth-order valence-electron chi connectivity index (χ4n) is 2.06. The Kier molecular flexibility index (Phi) is 4.65. The van der Waals surface area contributed by atoms with Gasteiger partial charge in [0.1, 0.15) is 5.82 Å². The van der Waals surface area contributed by atoms with Crippen molar-refractivity contribution >= 4 is 5.91 Å². The van der Waals surface area contributed by atoms with Crippen LogP contribution in [0.15, 0.2) is 48.1 Å². The van der Waals surface area contributed by atoms with Gasteiger partial charge < -0.3 is 16.2 Å². The van der Waals surface area contributed by atoms with Crippen molar-refractivity contribution in [3.63, 3.8) is 0 Å². The quantitative estimate of drug-likeness (QED) is 0.740. The number of benzene rings is 1. The zero-order valence-corrected chi connectivity index (χ0v) is 10.9. The van der Waals surface area contributed by atoms with Gasteiger partial charge in [-0.15, -0.1) is 0 Å². The molecule has 2 atom stereocenters. The van der Waals surface area contributed by atoms with Crippen molar-refractivity contribution in [1.29, 1.82) is 0 Å². The van der Waals surface area contributed by atoms with Crippen LogP contribution in [-0.2, 0) is 11.2 Å². The molecule has 5 heteroatoms. The van der Waals surface area contributed by atoms with Crippen LogP contribution in [0.3, 0.4) is 0 Å². The van der Waals surface area contributed by atoms with Crippen LogP contribution in [0.1, 0.15) is 5.56 Å². The SMILES string of the molecule is NC1C=CC(C(=O)N[C@H](CO)Cc2cccc(F)c2)=C1. The molecule has 1 unspecified atom stereocenters. The predicted molar refractivity (Wildman–Crippen MR) is 74.3 cm³/mol. The normalized spacial score (nSPS) is 18.8. The number of rotatable bonds is 5. The van der Waals surface area contributed by atoms with E-state index in [1.54, 1.807) is 30.4 Å². The molecule has 1 aromatic carbocycles. The highest BCUT2D eigenvalue weighted by Crippen LogP contribution is 2.10. The Bertz CT molecular complexity index is 555. The Morgan fingerprint density at radius 1 is 1.50 bits per heavy atom. The van der Waals surface area contributed by atoms with Crippen molar-refractivity contribution in [3.05, 3.63) is 59.4 Å². The maximum atomic E-state index is 13.1. The van der Waals surface area contributed by atoms with E-state index in [0.717, 1.165) is 5.56 Å². The third kappa shape index (κ3) is 3.76. The Hall–Kier alpha value is -1.98. The summed E-state index contributed by atoms with van der Waals surface area (Å²) in [6, 6.07) is 5.39. The van der Waals surface area contributed by atoms with Crippen LogP contribution in [0, 0.1) is 5.82 Å². The molecule has 4 N–H and O–H groups in total. The number of halogens is 1. The molecule has 1 aromatic rings. The molecule has 4 nitrogen and oxygen atoms in total. The lowest BCUT2D eigenvalue weighted by Gasteiger charge is -2.16. The molecule has 0 bridgehead atoms. The average Bonchev–Trinajstić information content (AvgIpc) is 2.85. The third-order valence-corrected chi connectivity index (χ3v) is 3.06. The van der Waals surface area contributed by atoms with Crippen LogP contribution in [0.5, 0.6) is 0 Å². The van der Waals surface area contributed by atoms with Gasteiger partial charge in [-0.1, -0.05) is 30.4 Å². The minimum atomic E-state index is -0.463. The second kappa shape index (κ2) is 6.45. The number of nitrogens with one attached hydrogen (secondary N) is 1. The zero-order chi connectivity index (χ0) is 14.5. The molecule has 0 heterocycles. The molecular weight excluding hydrogens is 259 g/mol. The molecule has 1 amide bonds. The van der Waals surface area contributed by atoms with Crippen LogP contribution in [0.2, 0.25) is 0 Å². The van der Waals surface area contributed by atoms with Gasteiger partial charge in [-0.25, -0.2) is 4.39 Å². The van der Waals surface area contributed by atoms with E-state index in [1.165, 1.54) is 12.1 Å². The maximum Gasteiger partial charge on any atom is 0.251 e. The molecule has 106 valence electrons. The highest BCUT2D eigenvalue weighted by molar-refractivity contribution is 5.97. The topological polar surface area (TPSA) is 75.4 Å². The standard InChI is InChI=1S/C15H17FN2O2/c16-12-3-1-2-10(6-12)7-14(9-19)18-15(20)11-4-5-13(17)8-11/h1-6,8,13-14,19H,7,9,17H2,(H,18,20)/t13?,14-/m0/s1. The second-order valence-electron chi connectivity index (χ2n) is 4.75. The maximum absolute atomic E-state index is 13.1. The Balaban J connectivity index is 1.97. The monoisotopic (exact) mass is 276 g/mol. The van der Waals surface area contributed by atoms with E-state index in [-0.39, 0.29) is 24.4 Å².